The van der Waals surface area contributed by atoms with Crippen molar-refractivity contribution in [2.24, 2.45) is 4.99 Å². The van der Waals surface area contributed by atoms with Crippen LogP contribution in [0.2, 0.25) is 0 Å². The quantitative estimate of drug-likeness (QED) is 0.389. The normalized spacial score (nSPS) is 14.6. The van der Waals surface area contributed by atoms with Crippen LogP contribution in [0.4, 0.5) is 15.9 Å². The molecule has 5 aromatic rings. The summed E-state index contributed by atoms with van der Waals surface area (Å²) in [6.45, 7) is 4.49. The van der Waals surface area contributed by atoms with Gasteiger partial charge in [0.15, 0.2) is 23.0 Å². The topological polar surface area (TPSA) is 138 Å². The highest BCUT2D eigenvalue weighted by molar-refractivity contribution is 5.96. The van der Waals surface area contributed by atoms with Gasteiger partial charge in [-0.3, -0.25) is 4.40 Å². The van der Waals surface area contributed by atoms with E-state index in [-0.39, 0.29) is 23.0 Å². The van der Waals surface area contributed by atoms with Gasteiger partial charge in [-0.1, -0.05) is 0 Å². The maximum Gasteiger partial charge on any atom is 0.289 e. The SMILES string of the molecule is CC1(C)COC(Nc2ccc3nc(-c4ccc(Oc5cc6nncn6cn5)c(F)c4)nc(N)c3c2)=N1. The van der Waals surface area contributed by atoms with Crippen molar-refractivity contribution in [3.05, 3.63) is 60.9 Å². The first kappa shape index (κ1) is 21.6. The number of hydrogen-bond donors (Lipinski definition) is 2. The largest absolute Gasteiger partial charge is 0.462 e. The molecule has 0 saturated heterocycles. The molecule has 3 aromatic heterocycles. The summed E-state index contributed by atoms with van der Waals surface area (Å²) in [7, 11) is 0. The van der Waals surface area contributed by atoms with Gasteiger partial charge in [-0.05, 0) is 50.2 Å². The van der Waals surface area contributed by atoms with Crippen LogP contribution in [0.1, 0.15) is 13.8 Å². The fourth-order valence-corrected chi connectivity index (χ4v) is 3.73. The highest BCUT2D eigenvalue weighted by Crippen LogP contribution is 2.30. The summed E-state index contributed by atoms with van der Waals surface area (Å²) < 4.78 is 27.7. The molecule has 12 heteroatoms. The zero-order valence-corrected chi connectivity index (χ0v) is 19.3. The second-order valence-electron chi connectivity index (χ2n) is 8.88. The molecule has 0 aliphatic carbocycles. The third-order valence-corrected chi connectivity index (χ3v) is 5.51. The Balaban J connectivity index is 1.26. The molecule has 4 heterocycles. The minimum atomic E-state index is -0.599. The summed E-state index contributed by atoms with van der Waals surface area (Å²) in [5.41, 5.74) is 8.31. The minimum absolute atomic E-state index is 0.000170. The summed E-state index contributed by atoms with van der Waals surface area (Å²) in [4.78, 5) is 17.6. The molecule has 36 heavy (non-hydrogen) atoms. The van der Waals surface area contributed by atoms with Gasteiger partial charge >= 0.3 is 0 Å². The fraction of sp³-hybridized carbons (Fsp3) is 0.167. The fourth-order valence-electron chi connectivity index (χ4n) is 3.73. The van der Waals surface area contributed by atoms with Gasteiger partial charge in [0.05, 0.1) is 11.1 Å². The first-order chi connectivity index (χ1) is 17.3. The number of nitrogen functional groups attached to an aromatic ring is 1. The highest BCUT2D eigenvalue weighted by Gasteiger charge is 2.26. The maximum absolute atomic E-state index is 14.9. The van der Waals surface area contributed by atoms with E-state index >= 15 is 0 Å². The molecule has 1 aliphatic heterocycles. The number of rotatable bonds is 4. The third kappa shape index (κ3) is 4.08. The summed E-state index contributed by atoms with van der Waals surface area (Å²) in [6, 6.07) is 11.9. The molecule has 0 atom stereocenters. The number of amidine groups is 1. The van der Waals surface area contributed by atoms with E-state index < -0.39 is 5.82 Å². The molecular formula is C24H20FN9O2. The third-order valence-electron chi connectivity index (χ3n) is 5.51. The maximum atomic E-state index is 14.9. The Bertz CT molecular complexity index is 1660. The molecule has 3 N–H and O–H groups in total. The van der Waals surface area contributed by atoms with Gasteiger partial charge in [0.1, 0.15) is 25.1 Å². The van der Waals surface area contributed by atoms with E-state index in [4.69, 9.17) is 15.2 Å². The first-order valence-corrected chi connectivity index (χ1v) is 11.0. The Hall–Kier alpha value is -4.87. The number of hydrogen-bond acceptors (Lipinski definition) is 10. The van der Waals surface area contributed by atoms with Gasteiger partial charge in [-0.25, -0.2) is 24.3 Å². The van der Waals surface area contributed by atoms with Crippen LogP contribution in [-0.2, 0) is 4.74 Å². The smallest absolute Gasteiger partial charge is 0.289 e. The van der Waals surface area contributed by atoms with Crippen LogP contribution in [0, 0.1) is 5.82 Å². The summed E-state index contributed by atoms with van der Waals surface area (Å²) in [6.07, 6.45) is 2.99. The predicted octanol–water partition coefficient (Wildman–Crippen LogP) is 3.82. The number of halogens is 1. The van der Waals surface area contributed by atoms with Crippen LogP contribution >= 0.6 is 0 Å². The number of aromatic nitrogens is 6. The number of nitrogens with one attached hydrogen (secondary N) is 1. The van der Waals surface area contributed by atoms with Gasteiger partial charge in [0.2, 0.25) is 5.88 Å². The summed E-state index contributed by atoms with van der Waals surface area (Å²) in [5, 5.41) is 11.5. The zero-order chi connectivity index (χ0) is 24.9. The Morgan fingerprint density at radius 3 is 2.81 bits per heavy atom. The number of aliphatic imine (C=N–C) groups is 1. The second kappa shape index (κ2) is 8.12. The van der Waals surface area contributed by atoms with Crippen LogP contribution in [0.3, 0.4) is 0 Å². The van der Waals surface area contributed by atoms with E-state index in [0.29, 0.717) is 40.6 Å². The van der Waals surface area contributed by atoms with Crippen molar-refractivity contribution in [1.82, 2.24) is 29.5 Å². The van der Waals surface area contributed by atoms with E-state index in [1.807, 2.05) is 26.0 Å². The van der Waals surface area contributed by atoms with Crippen molar-refractivity contribution in [2.45, 2.75) is 19.4 Å². The monoisotopic (exact) mass is 485 g/mol. The number of nitrogens with two attached hydrogens (primary N) is 1. The molecule has 2 aromatic carbocycles. The highest BCUT2D eigenvalue weighted by atomic mass is 19.1. The molecule has 6 rings (SSSR count). The lowest BCUT2D eigenvalue weighted by atomic mass is 10.1. The predicted molar refractivity (Wildman–Crippen MR) is 131 cm³/mol. The van der Waals surface area contributed by atoms with Gasteiger partial charge in [-0.15, -0.1) is 10.2 Å². The van der Waals surface area contributed by atoms with Gasteiger partial charge in [0.25, 0.3) is 6.02 Å². The molecular weight excluding hydrogens is 465 g/mol. The van der Waals surface area contributed by atoms with Crippen molar-refractivity contribution >= 4 is 34.1 Å². The molecule has 0 radical (unpaired) electrons. The number of ether oxygens (including phenoxy) is 2. The number of nitrogens with zero attached hydrogens (tertiary/aromatic N) is 7. The van der Waals surface area contributed by atoms with Crippen molar-refractivity contribution < 1.29 is 13.9 Å². The molecule has 1 aliphatic rings. The van der Waals surface area contributed by atoms with Crippen LogP contribution in [-0.4, -0.2) is 47.7 Å². The zero-order valence-electron chi connectivity index (χ0n) is 19.3. The van der Waals surface area contributed by atoms with Gasteiger partial charge in [0, 0.05) is 22.7 Å². The molecule has 180 valence electrons. The molecule has 0 unspecified atom stereocenters. The number of benzene rings is 2. The van der Waals surface area contributed by atoms with Crippen LogP contribution in [0.5, 0.6) is 11.6 Å². The second-order valence-corrected chi connectivity index (χ2v) is 8.88. The Kier molecular flexibility index (Phi) is 4.88. The van der Waals surface area contributed by atoms with Crippen LogP contribution in [0.25, 0.3) is 27.9 Å². The van der Waals surface area contributed by atoms with Gasteiger partial charge < -0.3 is 20.5 Å². The lowest BCUT2D eigenvalue weighted by molar-refractivity contribution is 0.278. The van der Waals surface area contributed by atoms with E-state index in [0.717, 1.165) is 5.69 Å². The van der Waals surface area contributed by atoms with E-state index in [1.165, 1.54) is 24.8 Å². The average Bonchev–Trinajstić information content (AvgIpc) is 3.45. The number of anilines is 2. The van der Waals surface area contributed by atoms with Crippen molar-refractivity contribution in [3.63, 3.8) is 0 Å². The number of fused-ring (bicyclic) bond motifs is 2. The van der Waals surface area contributed by atoms with E-state index in [2.05, 4.69) is 35.5 Å². The minimum Gasteiger partial charge on any atom is -0.462 e. The lowest BCUT2D eigenvalue weighted by Gasteiger charge is -2.10. The molecule has 11 nitrogen and oxygen atoms in total. The Morgan fingerprint density at radius 2 is 2.00 bits per heavy atom. The Morgan fingerprint density at radius 1 is 1.11 bits per heavy atom. The standard InChI is InChI=1S/C24H20FN9O2/c1-24(2)10-35-23(32-24)29-14-4-5-17-15(8-14)21(26)31-22(30-17)13-3-6-18(16(25)7-13)36-20-9-19-33-28-12-34(19)11-27-20/h3-9,11-12H,10H2,1-2H3,(H,29,32)(H2,26,30,31). The first-order valence-electron chi connectivity index (χ1n) is 11.0. The average molecular weight is 485 g/mol. The lowest BCUT2D eigenvalue weighted by Crippen LogP contribution is -2.17. The van der Waals surface area contributed by atoms with Gasteiger partial charge in [-0.2, -0.15) is 0 Å². The Labute approximate surface area is 203 Å². The van der Waals surface area contributed by atoms with E-state index in [1.54, 1.807) is 22.6 Å². The van der Waals surface area contributed by atoms with Crippen molar-refractivity contribution in [2.75, 3.05) is 17.7 Å². The molecule has 0 amide bonds. The molecule has 0 fully saturated rings. The molecule has 0 bridgehead atoms. The van der Waals surface area contributed by atoms with Crippen LogP contribution < -0.4 is 15.8 Å². The van der Waals surface area contributed by atoms with Crippen LogP contribution in [0.15, 0.2) is 60.1 Å². The molecule has 0 saturated carbocycles. The van der Waals surface area contributed by atoms with E-state index in [9.17, 15) is 4.39 Å². The van der Waals surface area contributed by atoms with Crippen molar-refractivity contribution in [3.8, 4) is 23.0 Å². The summed E-state index contributed by atoms with van der Waals surface area (Å²) >= 11 is 0. The summed E-state index contributed by atoms with van der Waals surface area (Å²) in [5.74, 6) is 0.145. The van der Waals surface area contributed by atoms with Crippen molar-refractivity contribution in [1.29, 1.82) is 0 Å². The molecule has 0 spiro atoms.